The van der Waals surface area contributed by atoms with Gasteiger partial charge in [-0.1, -0.05) is 31.3 Å². The maximum Gasteiger partial charge on any atom is 0.336 e. The highest BCUT2D eigenvalue weighted by atomic mass is 32.1. The maximum absolute atomic E-state index is 13.7. The topological polar surface area (TPSA) is 135 Å². The molecule has 2 aliphatic rings. The molecule has 0 saturated heterocycles. The van der Waals surface area contributed by atoms with Crippen LogP contribution in [0.5, 0.6) is 0 Å². The van der Waals surface area contributed by atoms with E-state index in [1.165, 1.54) is 11.3 Å². The summed E-state index contributed by atoms with van der Waals surface area (Å²) in [4.78, 5) is 44.1. The van der Waals surface area contributed by atoms with E-state index in [1.807, 2.05) is 32.1 Å². The van der Waals surface area contributed by atoms with Crippen LogP contribution < -0.4 is 11.5 Å². The van der Waals surface area contributed by atoms with E-state index >= 15 is 0 Å². The molecule has 8 nitrogen and oxygen atoms in total. The minimum atomic E-state index is -1.12. The molecule has 1 saturated carbocycles. The van der Waals surface area contributed by atoms with Crippen molar-refractivity contribution in [2.75, 3.05) is 5.32 Å². The lowest BCUT2D eigenvalue weighted by Gasteiger charge is -2.39. The number of amides is 2. The summed E-state index contributed by atoms with van der Waals surface area (Å²) < 4.78 is 0. The van der Waals surface area contributed by atoms with E-state index in [0.29, 0.717) is 22.9 Å². The van der Waals surface area contributed by atoms with E-state index < -0.39 is 12.0 Å². The van der Waals surface area contributed by atoms with Gasteiger partial charge in [0.15, 0.2) is 0 Å². The molecule has 0 aliphatic heterocycles. The summed E-state index contributed by atoms with van der Waals surface area (Å²) in [6.07, 6.45) is 7.18. The monoisotopic (exact) mass is 554 g/mol. The summed E-state index contributed by atoms with van der Waals surface area (Å²) >= 11 is 6.98. The third kappa shape index (κ3) is 6.43. The highest BCUT2D eigenvalue weighted by Gasteiger charge is 2.37. The molecule has 5 N–H and O–H groups in total. The number of aliphatic carboxylic acids is 1. The zero-order chi connectivity index (χ0) is 26.7. The Morgan fingerprint density at radius 2 is 1.79 bits per heavy atom. The first-order chi connectivity index (χ1) is 17.7. The minimum absolute atomic E-state index is 0. The second-order valence-corrected chi connectivity index (χ2v) is 11.2. The second-order valence-electron chi connectivity index (χ2n) is 10.00. The van der Waals surface area contributed by atoms with Crippen LogP contribution in [-0.4, -0.2) is 49.7 Å². The van der Waals surface area contributed by atoms with Gasteiger partial charge in [-0.05, 0) is 80.9 Å². The lowest BCUT2D eigenvalue weighted by molar-refractivity contribution is -0.139. The summed E-state index contributed by atoms with van der Waals surface area (Å²) in [6.45, 7) is 6.10. The number of carbonyl (C=O) groups excluding carboxylic acids is 2. The number of nitrogens with zero attached hydrogens (tertiary/aromatic N) is 2. The Bertz CT molecular complexity index is 1240. The van der Waals surface area contributed by atoms with Crippen molar-refractivity contribution in [2.24, 2.45) is 11.8 Å². The number of rotatable bonds is 7. The Balaban J connectivity index is 0.00000400. The Morgan fingerprint density at radius 3 is 2.34 bits per heavy atom. The third-order valence-corrected chi connectivity index (χ3v) is 8.07. The fourth-order valence-corrected chi connectivity index (χ4v) is 5.79. The SMILES string of the molecule is CC1CCC(C(=O)N(C(C)C)C2C=C(c3ccc(NC(=O)c4cscn4)cc3)C=C(C(=O)O)C2=S)CC1.N. The molecule has 1 atom stereocenters. The summed E-state index contributed by atoms with van der Waals surface area (Å²) in [5.41, 5.74) is 4.00. The van der Waals surface area contributed by atoms with E-state index in [0.717, 1.165) is 31.2 Å². The molecular formula is C28H34N4O4S2. The minimum Gasteiger partial charge on any atom is -0.478 e. The van der Waals surface area contributed by atoms with Gasteiger partial charge in [0.05, 0.1) is 22.0 Å². The van der Waals surface area contributed by atoms with Gasteiger partial charge in [0.25, 0.3) is 5.91 Å². The van der Waals surface area contributed by atoms with Crippen LogP contribution in [0.4, 0.5) is 5.69 Å². The lowest BCUT2D eigenvalue weighted by Crippen LogP contribution is -2.51. The number of thiocarbonyl (C=S) groups is 1. The van der Waals surface area contributed by atoms with Crippen LogP contribution >= 0.6 is 23.6 Å². The van der Waals surface area contributed by atoms with Crippen LogP contribution in [0.25, 0.3) is 5.57 Å². The predicted molar refractivity (Wildman–Crippen MR) is 155 cm³/mol. The number of carboxylic acid groups (broad SMARTS) is 1. The quantitative estimate of drug-likeness (QED) is 0.370. The van der Waals surface area contributed by atoms with E-state index in [4.69, 9.17) is 12.2 Å². The van der Waals surface area contributed by atoms with Gasteiger partial charge in [-0.2, -0.15) is 0 Å². The summed E-state index contributed by atoms with van der Waals surface area (Å²) in [5, 5.41) is 14.4. The molecule has 2 amide bonds. The number of thiazole rings is 1. The molecular weight excluding hydrogens is 520 g/mol. The van der Waals surface area contributed by atoms with Crippen molar-refractivity contribution in [3.05, 3.63) is 64.1 Å². The molecule has 1 aromatic carbocycles. The molecule has 1 fully saturated rings. The number of carboxylic acids is 1. The number of hydrogen-bond donors (Lipinski definition) is 3. The lowest BCUT2D eigenvalue weighted by atomic mass is 9.81. The number of carbonyl (C=O) groups is 3. The van der Waals surface area contributed by atoms with Gasteiger partial charge >= 0.3 is 5.97 Å². The first-order valence-corrected chi connectivity index (χ1v) is 13.8. The van der Waals surface area contributed by atoms with Gasteiger partial charge in [0, 0.05) is 23.0 Å². The van der Waals surface area contributed by atoms with Crippen LogP contribution in [0.3, 0.4) is 0 Å². The average Bonchev–Trinajstić information content (AvgIpc) is 3.41. The van der Waals surface area contributed by atoms with Gasteiger partial charge < -0.3 is 21.5 Å². The fourth-order valence-electron chi connectivity index (χ4n) is 4.93. The van der Waals surface area contributed by atoms with Crippen LogP contribution in [0.2, 0.25) is 0 Å². The normalized spacial score (nSPS) is 21.2. The Morgan fingerprint density at radius 1 is 1.13 bits per heavy atom. The van der Waals surface area contributed by atoms with Crippen molar-refractivity contribution in [3.8, 4) is 0 Å². The molecule has 0 radical (unpaired) electrons. The third-order valence-electron chi connectivity index (χ3n) is 7.02. The number of nitrogens with one attached hydrogen (secondary N) is 1. The maximum atomic E-state index is 13.7. The number of hydrogen-bond acceptors (Lipinski definition) is 7. The smallest absolute Gasteiger partial charge is 0.336 e. The van der Waals surface area contributed by atoms with Crippen molar-refractivity contribution in [1.82, 2.24) is 16.0 Å². The molecule has 4 rings (SSSR count). The molecule has 1 heterocycles. The molecule has 2 aromatic rings. The van der Waals surface area contributed by atoms with Crippen LogP contribution in [-0.2, 0) is 9.59 Å². The summed E-state index contributed by atoms with van der Waals surface area (Å²) in [6, 6.07) is 6.36. The molecule has 2 aliphatic carbocycles. The molecule has 202 valence electrons. The van der Waals surface area contributed by atoms with E-state index in [-0.39, 0.29) is 40.4 Å². The summed E-state index contributed by atoms with van der Waals surface area (Å²) in [7, 11) is 0. The first kappa shape index (κ1) is 29.3. The summed E-state index contributed by atoms with van der Waals surface area (Å²) in [5.74, 6) is -0.827. The van der Waals surface area contributed by atoms with Crippen LogP contribution in [0.15, 0.2) is 52.9 Å². The highest BCUT2D eigenvalue weighted by Crippen LogP contribution is 2.34. The molecule has 10 heteroatoms. The Labute approximate surface area is 232 Å². The fraction of sp³-hybridized carbons (Fsp3) is 0.393. The zero-order valence-corrected chi connectivity index (χ0v) is 23.5. The van der Waals surface area contributed by atoms with E-state index in [1.54, 1.807) is 34.0 Å². The van der Waals surface area contributed by atoms with Crippen molar-refractivity contribution < 1.29 is 19.5 Å². The number of allylic oxidation sites excluding steroid dienone is 2. The van der Waals surface area contributed by atoms with Gasteiger partial charge in [-0.25, -0.2) is 9.78 Å². The van der Waals surface area contributed by atoms with Crippen LogP contribution in [0, 0.1) is 11.8 Å². The van der Waals surface area contributed by atoms with Crippen molar-refractivity contribution in [1.29, 1.82) is 0 Å². The Hall–Kier alpha value is -3.21. The number of aromatic nitrogens is 1. The zero-order valence-electron chi connectivity index (χ0n) is 21.8. The molecule has 1 unspecified atom stereocenters. The van der Waals surface area contributed by atoms with Crippen molar-refractivity contribution >= 4 is 57.5 Å². The second kappa shape index (κ2) is 12.6. The molecule has 0 spiro atoms. The van der Waals surface area contributed by atoms with Crippen LogP contribution in [0.1, 0.15) is 62.5 Å². The largest absolute Gasteiger partial charge is 0.478 e. The molecule has 0 bridgehead atoms. The average molecular weight is 555 g/mol. The van der Waals surface area contributed by atoms with E-state index in [9.17, 15) is 19.5 Å². The number of anilines is 1. The van der Waals surface area contributed by atoms with Crippen molar-refractivity contribution in [2.45, 2.75) is 58.5 Å². The highest BCUT2D eigenvalue weighted by molar-refractivity contribution is 7.81. The van der Waals surface area contributed by atoms with Gasteiger partial charge in [0.2, 0.25) is 5.91 Å². The number of benzene rings is 1. The molecule has 1 aromatic heterocycles. The first-order valence-electron chi connectivity index (χ1n) is 12.5. The van der Waals surface area contributed by atoms with E-state index in [2.05, 4.69) is 17.2 Å². The Kier molecular flexibility index (Phi) is 9.70. The van der Waals surface area contributed by atoms with Crippen molar-refractivity contribution in [3.63, 3.8) is 0 Å². The standard InChI is InChI=1S/C28H31N3O4S2.H3N/c1-16(2)31(27(33)19-6-4-17(3)5-7-19)24-13-20(12-22(25(24)36)28(34)35)18-8-10-21(11-9-18)30-26(32)23-14-37-15-29-23;/h8-17,19,24H,4-7H2,1-3H3,(H,30,32)(H,34,35);1H3. The molecule has 38 heavy (non-hydrogen) atoms. The predicted octanol–water partition coefficient (Wildman–Crippen LogP) is 5.77. The van der Waals surface area contributed by atoms with Gasteiger partial charge in [-0.3, -0.25) is 9.59 Å². The van der Waals surface area contributed by atoms with Gasteiger partial charge in [0.1, 0.15) is 5.69 Å². The van der Waals surface area contributed by atoms with Gasteiger partial charge in [-0.15, -0.1) is 11.3 Å².